The standard InChI is InChI=1S/C15H16BrN3O2/c1-2-8-18(11-12-6-4-3-5-7-12)15-10-13(19(20)21)9-14(16)17-15/h3-7,9-10H,2,8,11H2,1H3. The largest absolute Gasteiger partial charge is 0.352 e. The van der Waals surface area contributed by atoms with E-state index in [1.807, 2.05) is 35.2 Å². The fourth-order valence-electron chi connectivity index (χ4n) is 2.09. The second kappa shape index (κ2) is 7.17. The molecule has 0 bridgehead atoms. The molecular formula is C15H16BrN3O2. The molecule has 0 spiro atoms. The maximum atomic E-state index is 11.0. The molecule has 0 saturated heterocycles. The van der Waals surface area contributed by atoms with Crippen LogP contribution in [0.2, 0.25) is 0 Å². The van der Waals surface area contributed by atoms with Crippen molar-refractivity contribution in [2.24, 2.45) is 0 Å². The van der Waals surface area contributed by atoms with Gasteiger partial charge in [0.05, 0.1) is 11.0 Å². The molecule has 0 saturated carbocycles. The van der Waals surface area contributed by atoms with Crippen molar-refractivity contribution in [3.63, 3.8) is 0 Å². The second-order valence-corrected chi connectivity index (χ2v) is 5.48. The van der Waals surface area contributed by atoms with Gasteiger partial charge in [-0.3, -0.25) is 10.1 Å². The lowest BCUT2D eigenvalue weighted by Crippen LogP contribution is -2.24. The first kappa shape index (κ1) is 15.4. The van der Waals surface area contributed by atoms with Gasteiger partial charge in [-0.1, -0.05) is 37.3 Å². The average Bonchev–Trinajstić information content (AvgIpc) is 2.47. The highest BCUT2D eigenvalue weighted by Crippen LogP contribution is 2.25. The minimum Gasteiger partial charge on any atom is -0.352 e. The van der Waals surface area contributed by atoms with Crippen molar-refractivity contribution in [2.75, 3.05) is 11.4 Å². The summed E-state index contributed by atoms with van der Waals surface area (Å²) < 4.78 is 0.473. The molecule has 1 heterocycles. The average molecular weight is 350 g/mol. The van der Waals surface area contributed by atoms with Crippen LogP contribution in [0.15, 0.2) is 47.1 Å². The first-order valence-electron chi connectivity index (χ1n) is 6.71. The van der Waals surface area contributed by atoms with Gasteiger partial charge in [-0.05, 0) is 27.9 Å². The monoisotopic (exact) mass is 349 g/mol. The molecule has 1 aromatic carbocycles. The van der Waals surface area contributed by atoms with Crippen LogP contribution in [-0.4, -0.2) is 16.5 Å². The predicted octanol–water partition coefficient (Wildman–Crippen LogP) is 4.17. The Labute approximate surface area is 131 Å². The number of rotatable bonds is 6. The van der Waals surface area contributed by atoms with Gasteiger partial charge < -0.3 is 4.90 Å². The Bertz CT molecular complexity index is 620. The van der Waals surface area contributed by atoms with E-state index in [0.29, 0.717) is 17.0 Å². The summed E-state index contributed by atoms with van der Waals surface area (Å²) in [4.78, 5) is 17.0. The van der Waals surface area contributed by atoms with E-state index in [1.54, 1.807) is 0 Å². The van der Waals surface area contributed by atoms with Gasteiger partial charge in [0, 0.05) is 19.2 Å². The molecule has 0 N–H and O–H groups in total. The number of aromatic nitrogens is 1. The lowest BCUT2D eigenvalue weighted by atomic mass is 10.2. The summed E-state index contributed by atoms with van der Waals surface area (Å²) in [6, 6.07) is 12.9. The molecule has 5 nitrogen and oxygen atoms in total. The molecule has 0 aliphatic carbocycles. The van der Waals surface area contributed by atoms with Crippen LogP contribution in [0.25, 0.3) is 0 Å². The summed E-state index contributed by atoms with van der Waals surface area (Å²) in [6.45, 7) is 3.54. The van der Waals surface area contributed by atoms with Crippen LogP contribution in [0.3, 0.4) is 0 Å². The Hall–Kier alpha value is -1.95. The van der Waals surface area contributed by atoms with Crippen molar-refractivity contribution < 1.29 is 4.92 Å². The van der Waals surface area contributed by atoms with Crippen LogP contribution in [0, 0.1) is 10.1 Å². The zero-order valence-corrected chi connectivity index (χ0v) is 13.3. The number of pyridine rings is 1. The number of benzene rings is 1. The summed E-state index contributed by atoms with van der Waals surface area (Å²) in [5, 5.41) is 11.0. The molecule has 1 aromatic heterocycles. The summed E-state index contributed by atoms with van der Waals surface area (Å²) >= 11 is 3.24. The first-order valence-corrected chi connectivity index (χ1v) is 7.50. The maximum Gasteiger partial charge on any atom is 0.275 e. The molecule has 0 radical (unpaired) electrons. The van der Waals surface area contributed by atoms with E-state index in [4.69, 9.17) is 0 Å². The highest BCUT2D eigenvalue weighted by Gasteiger charge is 2.15. The minimum atomic E-state index is -0.400. The zero-order valence-electron chi connectivity index (χ0n) is 11.7. The molecular weight excluding hydrogens is 334 g/mol. The van der Waals surface area contributed by atoms with Crippen LogP contribution in [0.4, 0.5) is 11.5 Å². The Morgan fingerprint density at radius 2 is 2.00 bits per heavy atom. The number of nitro groups is 1. The molecule has 6 heteroatoms. The van der Waals surface area contributed by atoms with E-state index >= 15 is 0 Å². The first-order chi connectivity index (χ1) is 10.1. The SMILES string of the molecule is CCCN(Cc1ccccc1)c1cc([N+](=O)[O-])cc(Br)n1. The van der Waals surface area contributed by atoms with Gasteiger partial charge in [0.25, 0.3) is 5.69 Å². The number of anilines is 1. The van der Waals surface area contributed by atoms with Gasteiger partial charge in [0.1, 0.15) is 10.4 Å². The molecule has 2 aromatic rings. The third-order valence-corrected chi connectivity index (χ3v) is 3.42. The van der Waals surface area contributed by atoms with Crippen LogP contribution in [0.5, 0.6) is 0 Å². The normalized spacial score (nSPS) is 10.4. The van der Waals surface area contributed by atoms with Gasteiger partial charge in [0.15, 0.2) is 0 Å². The highest BCUT2D eigenvalue weighted by atomic mass is 79.9. The highest BCUT2D eigenvalue weighted by molar-refractivity contribution is 9.10. The number of hydrogen-bond donors (Lipinski definition) is 0. The van der Waals surface area contributed by atoms with E-state index in [-0.39, 0.29) is 5.69 Å². The third kappa shape index (κ3) is 4.26. The lowest BCUT2D eigenvalue weighted by Gasteiger charge is -2.23. The van der Waals surface area contributed by atoms with Crippen LogP contribution >= 0.6 is 15.9 Å². The maximum absolute atomic E-state index is 11.0. The molecule has 0 fully saturated rings. The van der Waals surface area contributed by atoms with Crippen LogP contribution < -0.4 is 4.90 Å². The molecule has 0 aliphatic heterocycles. The Kier molecular flexibility index (Phi) is 5.27. The van der Waals surface area contributed by atoms with E-state index in [1.165, 1.54) is 12.1 Å². The zero-order chi connectivity index (χ0) is 15.2. The predicted molar refractivity (Wildman–Crippen MR) is 86.4 cm³/mol. The van der Waals surface area contributed by atoms with Crippen molar-refractivity contribution in [3.8, 4) is 0 Å². The quantitative estimate of drug-likeness (QED) is 0.446. The van der Waals surface area contributed by atoms with Crippen molar-refractivity contribution in [3.05, 3.63) is 62.7 Å². The van der Waals surface area contributed by atoms with E-state index in [0.717, 1.165) is 18.5 Å². The number of hydrogen-bond acceptors (Lipinski definition) is 4. The Morgan fingerprint density at radius 3 is 2.62 bits per heavy atom. The molecule has 0 unspecified atom stereocenters. The van der Waals surface area contributed by atoms with Gasteiger partial charge in [-0.15, -0.1) is 0 Å². The van der Waals surface area contributed by atoms with E-state index < -0.39 is 4.92 Å². The van der Waals surface area contributed by atoms with Crippen molar-refractivity contribution in [1.82, 2.24) is 4.98 Å². The topological polar surface area (TPSA) is 59.3 Å². The number of nitrogens with zero attached hydrogens (tertiary/aromatic N) is 3. The lowest BCUT2D eigenvalue weighted by molar-refractivity contribution is -0.384. The van der Waals surface area contributed by atoms with Crippen molar-refractivity contribution in [2.45, 2.75) is 19.9 Å². The van der Waals surface area contributed by atoms with Gasteiger partial charge in [0.2, 0.25) is 0 Å². The third-order valence-electron chi connectivity index (χ3n) is 3.01. The van der Waals surface area contributed by atoms with Crippen LogP contribution in [-0.2, 0) is 6.54 Å². The van der Waals surface area contributed by atoms with Crippen LogP contribution in [0.1, 0.15) is 18.9 Å². The van der Waals surface area contributed by atoms with Crippen molar-refractivity contribution >= 4 is 27.4 Å². The molecule has 21 heavy (non-hydrogen) atoms. The second-order valence-electron chi connectivity index (χ2n) is 4.67. The van der Waals surface area contributed by atoms with Gasteiger partial charge in [-0.25, -0.2) is 4.98 Å². The smallest absolute Gasteiger partial charge is 0.275 e. The molecule has 0 amide bonds. The summed E-state index contributed by atoms with van der Waals surface area (Å²) in [5.41, 5.74) is 1.19. The van der Waals surface area contributed by atoms with Crippen molar-refractivity contribution in [1.29, 1.82) is 0 Å². The summed E-state index contributed by atoms with van der Waals surface area (Å²) in [5.74, 6) is 0.613. The Balaban J connectivity index is 2.31. The van der Waals surface area contributed by atoms with E-state index in [9.17, 15) is 10.1 Å². The summed E-state index contributed by atoms with van der Waals surface area (Å²) in [7, 11) is 0. The molecule has 0 atom stereocenters. The fourth-order valence-corrected chi connectivity index (χ4v) is 2.50. The van der Waals surface area contributed by atoms with Gasteiger partial charge >= 0.3 is 0 Å². The van der Waals surface area contributed by atoms with Gasteiger partial charge in [-0.2, -0.15) is 0 Å². The Morgan fingerprint density at radius 1 is 1.29 bits per heavy atom. The number of halogens is 1. The van der Waals surface area contributed by atoms with E-state index in [2.05, 4.69) is 27.8 Å². The summed E-state index contributed by atoms with van der Waals surface area (Å²) in [6.07, 6.45) is 0.939. The molecule has 0 aliphatic rings. The minimum absolute atomic E-state index is 0.0426. The molecule has 110 valence electrons. The fraction of sp³-hybridized carbons (Fsp3) is 0.267. The molecule has 2 rings (SSSR count).